The topological polar surface area (TPSA) is 25.2 Å². The Hall–Kier alpha value is -1.55. The summed E-state index contributed by atoms with van der Waals surface area (Å²) in [6.45, 7) is 5.54. The van der Waals surface area contributed by atoms with Crippen LogP contribution in [-0.4, -0.2) is 0 Å². The zero-order valence-corrected chi connectivity index (χ0v) is 11.6. The molecule has 1 atom stereocenters. The van der Waals surface area contributed by atoms with E-state index in [1.807, 2.05) is 26.8 Å². The lowest BCUT2D eigenvalue weighted by atomic mass is 10.1. The highest BCUT2D eigenvalue weighted by atomic mass is 35.5. The number of hydrogen-bond acceptors (Lipinski definition) is 2. The molecule has 0 bridgehead atoms. The van der Waals surface area contributed by atoms with Crippen LogP contribution in [0.25, 0.3) is 0 Å². The number of nitrogens with one attached hydrogen (secondary N) is 1. The number of anilines is 1. The molecule has 2 nitrogen and oxygen atoms in total. The van der Waals surface area contributed by atoms with Crippen LogP contribution >= 0.6 is 11.6 Å². The molecule has 0 aliphatic heterocycles. The Labute approximate surface area is 115 Å². The first-order chi connectivity index (χ1) is 8.88. The van der Waals surface area contributed by atoms with Gasteiger partial charge in [-0.15, -0.1) is 0 Å². The summed E-state index contributed by atoms with van der Waals surface area (Å²) in [5.74, 6) is 0.133. The average Bonchev–Trinajstić information content (AvgIpc) is 2.62. The quantitative estimate of drug-likeness (QED) is 0.858. The van der Waals surface area contributed by atoms with E-state index in [9.17, 15) is 8.78 Å². The van der Waals surface area contributed by atoms with Crippen LogP contribution < -0.4 is 5.32 Å². The zero-order chi connectivity index (χ0) is 14.2. The maximum atomic E-state index is 13.7. The van der Waals surface area contributed by atoms with Crippen LogP contribution in [0.5, 0.6) is 0 Å². The molecule has 1 heterocycles. The van der Waals surface area contributed by atoms with Crippen molar-refractivity contribution in [3.63, 3.8) is 0 Å². The van der Waals surface area contributed by atoms with Crippen molar-refractivity contribution in [3.8, 4) is 0 Å². The first-order valence-electron chi connectivity index (χ1n) is 5.86. The third-order valence-corrected chi connectivity index (χ3v) is 3.21. The number of halogens is 3. The minimum atomic E-state index is -0.713. The van der Waals surface area contributed by atoms with E-state index in [-0.39, 0.29) is 16.8 Å². The van der Waals surface area contributed by atoms with E-state index >= 15 is 0 Å². The van der Waals surface area contributed by atoms with Gasteiger partial charge >= 0.3 is 0 Å². The molecular weight excluding hydrogens is 272 g/mol. The van der Waals surface area contributed by atoms with E-state index in [1.165, 1.54) is 0 Å². The van der Waals surface area contributed by atoms with Crippen molar-refractivity contribution < 1.29 is 13.2 Å². The van der Waals surface area contributed by atoms with Gasteiger partial charge in [0.1, 0.15) is 17.3 Å². The lowest BCUT2D eigenvalue weighted by molar-refractivity contribution is 0.499. The van der Waals surface area contributed by atoms with Gasteiger partial charge in [-0.1, -0.05) is 11.6 Å². The molecular formula is C14H14ClF2NO. The third-order valence-electron chi connectivity index (χ3n) is 2.91. The van der Waals surface area contributed by atoms with Crippen LogP contribution in [0.3, 0.4) is 0 Å². The van der Waals surface area contributed by atoms with Gasteiger partial charge in [0.15, 0.2) is 5.82 Å². The van der Waals surface area contributed by atoms with Crippen molar-refractivity contribution in [2.24, 2.45) is 0 Å². The van der Waals surface area contributed by atoms with E-state index in [2.05, 4.69) is 5.32 Å². The molecule has 0 saturated heterocycles. The normalized spacial score (nSPS) is 12.5. The number of furan rings is 1. The summed E-state index contributed by atoms with van der Waals surface area (Å²) < 4.78 is 32.1. The Morgan fingerprint density at radius 1 is 1.21 bits per heavy atom. The molecule has 0 radical (unpaired) electrons. The van der Waals surface area contributed by atoms with Crippen molar-refractivity contribution >= 4 is 17.3 Å². The molecule has 1 unspecified atom stereocenters. The van der Waals surface area contributed by atoms with Gasteiger partial charge in [-0.25, -0.2) is 8.78 Å². The molecule has 19 heavy (non-hydrogen) atoms. The van der Waals surface area contributed by atoms with Gasteiger partial charge < -0.3 is 9.73 Å². The summed E-state index contributed by atoms with van der Waals surface area (Å²) in [4.78, 5) is 0. The predicted octanol–water partition coefficient (Wildman–Crippen LogP) is 5.00. The van der Waals surface area contributed by atoms with Gasteiger partial charge in [-0.05, 0) is 32.9 Å². The van der Waals surface area contributed by atoms with E-state index in [1.54, 1.807) is 0 Å². The molecule has 0 aliphatic carbocycles. The largest absolute Gasteiger partial charge is 0.466 e. The van der Waals surface area contributed by atoms with Crippen molar-refractivity contribution in [1.29, 1.82) is 0 Å². The summed E-state index contributed by atoms with van der Waals surface area (Å²) in [5.41, 5.74) is 1.01. The zero-order valence-electron chi connectivity index (χ0n) is 10.9. The fourth-order valence-electron chi connectivity index (χ4n) is 2.05. The second-order valence-electron chi connectivity index (χ2n) is 4.48. The SMILES string of the molecule is Cc1cc(C(C)Nc2c(F)cc(F)cc2Cl)c(C)o1. The maximum Gasteiger partial charge on any atom is 0.150 e. The van der Waals surface area contributed by atoms with Crippen LogP contribution in [0.15, 0.2) is 22.6 Å². The molecule has 0 saturated carbocycles. The first kappa shape index (κ1) is 13.9. The lowest BCUT2D eigenvalue weighted by Gasteiger charge is -2.16. The van der Waals surface area contributed by atoms with Crippen LogP contribution in [0, 0.1) is 25.5 Å². The minimum absolute atomic E-state index is 0.0159. The fourth-order valence-corrected chi connectivity index (χ4v) is 2.30. The maximum absolute atomic E-state index is 13.7. The van der Waals surface area contributed by atoms with Crippen LogP contribution in [0.4, 0.5) is 14.5 Å². The third kappa shape index (κ3) is 2.89. The minimum Gasteiger partial charge on any atom is -0.466 e. The van der Waals surface area contributed by atoms with Gasteiger partial charge in [0.05, 0.1) is 16.8 Å². The standard InChI is InChI=1S/C14H14ClF2NO/c1-7-4-11(9(3)19-7)8(2)18-14-12(15)5-10(16)6-13(14)17/h4-6,8,18H,1-3H3. The lowest BCUT2D eigenvalue weighted by Crippen LogP contribution is -2.09. The smallest absolute Gasteiger partial charge is 0.150 e. The summed E-state index contributed by atoms with van der Waals surface area (Å²) in [5, 5.41) is 2.96. The van der Waals surface area contributed by atoms with Gasteiger partial charge in [0, 0.05) is 11.6 Å². The fraction of sp³-hybridized carbons (Fsp3) is 0.286. The molecule has 1 aromatic carbocycles. The van der Waals surface area contributed by atoms with Crippen LogP contribution in [-0.2, 0) is 0 Å². The van der Waals surface area contributed by atoms with Crippen molar-refractivity contribution in [3.05, 3.63) is 51.9 Å². The number of rotatable bonds is 3. The van der Waals surface area contributed by atoms with Crippen LogP contribution in [0.1, 0.15) is 30.0 Å². The molecule has 2 rings (SSSR count). The molecule has 5 heteroatoms. The first-order valence-corrected chi connectivity index (χ1v) is 6.24. The summed E-state index contributed by atoms with van der Waals surface area (Å²) in [6, 6.07) is 3.55. The number of hydrogen-bond donors (Lipinski definition) is 1. The predicted molar refractivity (Wildman–Crippen MR) is 71.6 cm³/mol. The Morgan fingerprint density at radius 2 is 1.89 bits per heavy atom. The van der Waals surface area contributed by atoms with E-state index in [0.29, 0.717) is 0 Å². The van der Waals surface area contributed by atoms with Gasteiger partial charge in [0.2, 0.25) is 0 Å². The van der Waals surface area contributed by atoms with Gasteiger partial charge in [-0.2, -0.15) is 0 Å². The monoisotopic (exact) mass is 285 g/mol. The molecule has 0 fully saturated rings. The Kier molecular flexibility index (Phi) is 3.80. The number of aryl methyl sites for hydroxylation is 2. The summed E-state index contributed by atoms with van der Waals surface area (Å²) >= 11 is 5.85. The van der Waals surface area contributed by atoms with Crippen molar-refractivity contribution in [2.45, 2.75) is 26.8 Å². The van der Waals surface area contributed by atoms with Crippen LogP contribution in [0.2, 0.25) is 5.02 Å². The van der Waals surface area contributed by atoms with Crippen molar-refractivity contribution in [2.75, 3.05) is 5.32 Å². The molecule has 0 spiro atoms. The molecule has 0 aliphatic rings. The Morgan fingerprint density at radius 3 is 2.42 bits per heavy atom. The molecule has 1 N–H and O–H groups in total. The Balaban J connectivity index is 2.29. The highest BCUT2D eigenvalue weighted by Crippen LogP contribution is 2.31. The molecule has 102 valence electrons. The average molecular weight is 286 g/mol. The molecule has 2 aromatic rings. The summed E-state index contributed by atoms with van der Waals surface area (Å²) in [6.07, 6.45) is 0. The molecule has 1 aromatic heterocycles. The second kappa shape index (κ2) is 5.21. The van der Waals surface area contributed by atoms with Gasteiger partial charge in [0.25, 0.3) is 0 Å². The van der Waals surface area contributed by atoms with Gasteiger partial charge in [-0.3, -0.25) is 0 Å². The Bertz CT molecular complexity index is 586. The van der Waals surface area contributed by atoms with E-state index in [4.69, 9.17) is 16.0 Å². The van der Waals surface area contributed by atoms with Crippen molar-refractivity contribution in [1.82, 2.24) is 0 Å². The number of benzene rings is 1. The second-order valence-corrected chi connectivity index (χ2v) is 4.89. The summed E-state index contributed by atoms with van der Waals surface area (Å²) in [7, 11) is 0. The molecule has 0 amide bonds. The van der Waals surface area contributed by atoms with E-state index in [0.717, 1.165) is 29.2 Å². The highest BCUT2D eigenvalue weighted by Gasteiger charge is 2.16. The van der Waals surface area contributed by atoms with E-state index < -0.39 is 11.6 Å². The highest BCUT2D eigenvalue weighted by molar-refractivity contribution is 6.33.